The quantitative estimate of drug-likeness (QED) is 0.871. The second-order valence-electron chi connectivity index (χ2n) is 4.20. The van der Waals surface area contributed by atoms with Gasteiger partial charge in [-0.3, -0.25) is 4.98 Å². The van der Waals surface area contributed by atoms with E-state index in [-0.39, 0.29) is 5.82 Å². The van der Waals surface area contributed by atoms with Gasteiger partial charge < -0.3 is 10.6 Å². The number of aryl methyl sites for hydroxylation is 1. The Balaban J connectivity index is 2.25. The first-order chi connectivity index (χ1) is 9.10. The summed E-state index contributed by atoms with van der Waals surface area (Å²) >= 11 is 3.19. The third kappa shape index (κ3) is 3.44. The van der Waals surface area contributed by atoms with Crippen molar-refractivity contribution in [3.8, 4) is 0 Å². The number of rotatable bonds is 4. The predicted octanol–water partition coefficient (Wildman–Crippen LogP) is 4.47. The molecule has 0 aliphatic heterocycles. The van der Waals surface area contributed by atoms with Crippen molar-refractivity contribution in [1.82, 2.24) is 4.98 Å². The summed E-state index contributed by atoms with van der Waals surface area (Å²) in [5.41, 5.74) is 3.50. The number of nitrogens with zero attached hydrogens (tertiary/aromatic N) is 1. The average Bonchev–Trinajstić information content (AvgIpc) is 2.37. The summed E-state index contributed by atoms with van der Waals surface area (Å²) in [4.78, 5) is 4.16. The van der Waals surface area contributed by atoms with Gasteiger partial charge in [-0.15, -0.1) is 0 Å². The largest absolute Gasteiger partial charge is 0.384 e. The van der Waals surface area contributed by atoms with Gasteiger partial charge in [-0.05, 0) is 53.5 Å². The zero-order valence-corrected chi connectivity index (χ0v) is 12.4. The van der Waals surface area contributed by atoms with Gasteiger partial charge in [0.15, 0.2) is 0 Å². The number of anilines is 3. The van der Waals surface area contributed by atoms with Gasteiger partial charge >= 0.3 is 0 Å². The average molecular weight is 324 g/mol. The van der Waals surface area contributed by atoms with E-state index in [1.165, 1.54) is 6.07 Å². The summed E-state index contributed by atoms with van der Waals surface area (Å²) in [6.07, 6.45) is 3.50. The van der Waals surface area contributed by atoms with Crippen LogP contribution in [0.2, 0.25) is 0 Å². The number of nitrogens with one attached hydrogen (secondary N) is 2. The molecule has 5 heteroatoms. The molecule has 0 spiro atoms. The first-order valence-corrected chi connectivity index (χ1v) is 6.81. The van der Waals surface area contributed by atoms with Gasteiger partial charge in [-0.25, -0.2) is 4.39 Å². The minimum atomic E-state index is -0.262. The second-order valence-corrected chi connectivity index (χ2v) is 5.05. The lowest BCUT2D eigenvalue weighted by Gasteiger charge is -2.11. The van der Waals surface area contributed by atoms with Gasteiger partial charge in [0, 0.05) is 12.2 Å². The van der Waals surface area contributed by atoms with Crippen molar-refractivity contribution in [2.45, 2.75) is 13.8 Å². The van der Waals surface area contributed by atoms with Gasteiger partial charge in [-0.2, -0.15) is 0 Å². The summed E-state index contributed by atoms with van der Waals surface area (Å²) in [5, 5.41) is 6.44. The maximum Gasteiger partial charge on any atom is 0.137 e. The smallest absolute Gasteiger partial charge is 0.137 e. The van der Waals surface area contributed by atoms with Crippen LogP contribution in [0.1, 0.15) is 12.5 Å². The van der Waals surface area contributed by atoms with Crippen LogP contribution in [0.15, 0.2) is 35.1 Å². The van der Waals surface area contributed by atoms with Crippen molar-refractivity contribution in [2.75, 3.05) is 17.2 Å². The lowest BCUT2D eigenvalue weighted by Crippen LogP contribution is -1.99. The van der Waals surface area contributed by atoms with Crippen molar-refractivity contribution in [3.05, 3.63) is 46.4 Å². The summed E-state index contributed by atoms with van der Waals surface area (Å²) in [5.74, 6) is -0.262. The Hall–Kier alpha value is -1.62. The molecule has 0 unspecified atom stereocenters. The summed E-state index contributed by atoms with van der Waals surface area (Å²) in [6.45, 7) is 4.73. The molecule has 0 bridgehead atoms. The number of halogens is 2. The highest BCUT2D eigenvalue weighted by molar-refractivity contribution is 9.10. The molecule has 0 radical (unpaired) electrons. The van der Waals surface area contributed by atoms with Crippen molar-refractivity contribution < 1.29 is 4.39 Å². The molecule has 0 amide bonds. The number of pyridine rings is 1. The minimum Gasteiger partial charge on any atom is -0.384 e. The van der Waals surface area contributed by atoms with Crippen LogP contribution in [0.25, 0.3) is 0 Å². The molecule has 1 aromatic heterocycles. The highest BCUT2D eigenvalue weighted by Gasteiger charge is 2.06. The summed E-state index contributed by atoms with van der Waals surface area (Å²) in [6, 6.07) is 5.19. The van der Waals surface area contributed by atoms with Crippen LogP contribution in [-0.2, 0) is 0 Å². The van der Waals surface area contributed by atoms with Gasteiger partial charge in [-0.1, -0.05) is 0 Å². The van der Waals surface area contributed by atoms with E-state index in [2.05, 4.69) is 31.5 Å². The first-order valence-electron chi connectivity index (χ1n) is 6.01. The van der Waals surface area contributed by atoms with Crippen molar-refractivity contribution in [3.63, 3.8) is 0 Å². The Morgan fingerprint density at radius 2 is 1.95 bits per heavy atom. The van der Waals surface area contributed by atoms with E-state index < -0.39 is 0 Å². The minimum absolute atomic E-state index is 0.262. The molecule has 0 atom stereocenters. The van der Waals surface area contributed by atoms with E-state index in [1.54, 1.807) is 18.5 Å². The number of hydrogen-bond donors (Lipinski definition) is 2. The molecule has 1 heterocycles. The van der Waals surface area contributed by atoms with Crippen molar-refractivity contribution in [1.29, 1.82) is 0 Å². The molecular formula is C14H15BrFN3. The Morgan fingerprint density at radius 3 is 2.68 bits per heavy atom. The molecule has 0 saturated heterocycles. The molecule has 1 aromatic carbocycles. The molecule has 2 N–H and O–H groups in total. The van der Waals surface area contributed by atoms with Crippen molar-refractivity contribution in [2.24, 2.45) is 0 Å². The second kappa shape index (κ2) is 6.02. The van der Waals surface area contributed by atoms with E-state index in [9.17, 15) is 4.39 Å². The monoisotopic (exact) mass is 323 g/mol. The Morgan fingerprint density at radius 1 is 1.21 bits per heavy atom. The molecule has 2 rings (SSSR count). The number of hydrogen-bond acceptors (Lipinski definition) is 3. The molecule has 0 fully saturated rings. The number of benzene rings is 1. The van der Waals surface area contributed by atoms with E-state index >= 15 is 0 Å². The zero-order chi connectivity index (χ0) is 13.8. The third-order valence-electron chi connectivity index (χ3n) is 2.67. The lowest BCUT2D eigenvalue weighted by molar-refractivity contribution is 0.620. The Labute approximate surface area is 120 Å². The summed E-state index contributed by atoms with van der Waals surface area (Å²) < 4.78 is 13.8. The van der Waals surface area contributed by atoms with Crippen LogP contribution in [0, 0.1) is 12.7 Å². The fourth-order valence-corrected chi connectivity index (χ4v) is 2.09. The van der Waals surface area contributed by atoms with Crippen LogP contribution in [-0.4, -0.2) is 11.5 Å². The molecule has 100 valence electrons. The molecule has 3 nitrogen and oxygen atoms in total. The van der Waals surface area contributed by atoms with Crippen LogP contribution < -0.4 is 10.6 Å². The van der Waals surface area contributed by atoms with Gasteiger partial charge in [0.1, 0.15) is 5.82 Å². The summed E-state index contributed by atoms with van der Waals surface area (Å²) in [7, 11) is 0. The van der Waals surface area contributed by atoms with Crippen LogP contribution in [0.5, 0.6) is 0 Å². The van der Waals surface area contributed by atoms with Gasteiger partial charge in [0.05, 0.1) is 28.2 Å². The highest BCUT2D eigenvalue weighted by Crippen LogP contribution is 2.27. The van der Waals surface area contributed by atoms with Gasteiger partial charge in [0.25, 0.3) is 0 Å². The predicted molar refractivity (Wildman–Crippen MR) is 80.5 cm³/mol. The van der Waals surface area contributed by atoms with E-state index in [0.717, 1.165) is 29.2 Å². The molecule has 0 aliphatic rings. The van der Waals surface area contributed by atoms with Crippen LogP contribution in [0.3, 0.4) is 0 Å². The van der Waals surface area contributed by atoms with Crippen LogP contribution >= 0.6 is 15.9 Å². The maximum absolute atomic E-state index is 13.4. The van der Waals surface area contributed by atoms with E-state index in [4.69, 9.17) is 0 Å². The van der Waals surface area contributed by atoms with Gasteiger partial charge in [0.2, 0.25) is 0 Å². The molecule has 2 aromatic rings. The molecule has 19 heavy (non-hydrogen) atoms. The van der Waals surface area contributed by atoms with E-state index in [1.807, 2.05) is 19.9 Å². The number of aromatic nitrogens is 1. The Bertz CT molecular complexity index is 587. The molecule has 0 aliphatic carbocycles. The Kier molecular flexibility index (Phi) is 4.37. The fourth-order valence-electron chi connectivity index (χ4n) is 1.75. The third-order valence-corrected chi connectivity index (χ3v) is 3.27. The zero-order valence-electron chi connectivity index (χ0n) is 10.8. The van der Waals surface area contributed by atoms with Crippen LogP contribution in [0.4, 0.5) is 21.5 Å². The molecule has 0 saturated carbocycles. The molecular weight excluding hydrogens is 309 g/mol. The normalized spacial score (nSPS) is 10.3. The fraction of sp³-hybridized carbons (Fsp3) is 0.214. The topological polar surface area (TPSA) is 37.0 Å². The SMILES string of the molecule is CCNc1cncc(Nc2cc(Br)c(F)cc2C)c1. The first kappa shape index (κ1) is 13.8. The highest BCUT2D eigenvalue weighted by atomic mass is 79.9. The van der Waals surface area contributed by atoms with Crippen molar-refractivity contribution >= 4 is 33.0 Å². The maximum atomic E-state index is 13.4. The standard InChI is InChI=1S/C14H15BrFN3/c1-3-18-10-5-11(8-17-7-10)19-14-6-12(15)13(16)4-9(14)2/h4-8,18-19H,3H2,1-2H3. The lowest BCUT2D eigenvalue weighted by atomic mass is 10.2. The van der Waals surface area contributed by atoms with E-state index in [0.29, 0.717) is 4.47 Å².